The number of anilines is 3. The molecule has 3 aromatic rings. The lowest BCUT2D eigenvalue weighted by molar-refractivity contribution is -0.156. The summed E-state index contributed by atoms with van der Waals surface area (Å²) in [4.78, 5) is 35.8. The largest absolute Gasteiger partial charge is 0.486 e. The molecule has 1 saturated heterocycles. The number of carbonyl (C=O) groups is 2. The van der Waals surface area contributed by atoms with Gasteiger partial charge in [-0.2, -0.15) is 0 Å². The van der Waals surface area contributed by atoms with E-state index in [9.17, 15) is 19.1 Å². The minimum Gasteiger partial charge on any atom is -0.486 e. The molecule has 13 heteroatoms. The van der Waals surface area contributed by atoms with Crippen molar-refractivity contribution < 1.29 is 33.3 Å². The van der Waals surface area contributed by atoms with Crippen molar-refractivity contribution in [2.45, 2.75) is 51.9 Å². The molecule has 2 heterocycles. The molecular weight excluding hydrogens is 593 g/mol. The molecule has 1 amide bonds. The first-order chi connectivity index (χ1) is 20.9. The van der Waals surface area contributed by atoms with Crippen LogP contribution >= 0.6 is 11.6 Å². The first kappa shape index (κ1) is 33.1. The second kappa shape index (κ2) is 14.8. The number of esters is 1. The van der Waals surface area contributed by atoms with E-state index in [0.29, 0.717) is 53.5 Å². The number of aliphatic hydroxyl groups is 1. The standard InChI is InChI=1S/C31H37ClFN5O6/c1-19(39)15-38(16-29(41)44-31(2,3)4)10-5-6-28(40)37-26-13-22-25(14-27(26)43-21-9-11-42-17-21)34-18-35-30(22)36-20-7-8-24(33)23(32)12-20/h5-8,12-14,18-19,21,39H,9-11,15-17H2,1-4H3,(H,37,40)(H,34,35,36)/b6-5+/t19-,21+/m1/s1. The average Bonchev–Trinajstić information content (AvgIpc) is 3.43. The minimum absolute atomic E-state index is 0.0410. The highest BCUT2D eigenvalue weighted by Gasteiger charge is 2.22. The molecule has 3 N–H and O–H groups in total. The summed E-state index contributed by atoms with van der Waals surface area (Å²) in [5, 5.41) is 16.4. The van der Waals surface area contributed by atoms with Gasteiger partial charge in [0.25, 0.3) is 0 Å². The molecule has 0 saturated carbocycles. The highest BCUT2D eigenvalue weighted by atomic mass is 35.5. The van der Waals surface area contributed by atoms with Gasteiger partial charge in [-0.05, 0) is 52.0 Å². The first-order valence-electron chi connectivity index (χ1n) is 14.2. The van der Waals surface area contributed by atoms with Gasteiger partial charge in [0, 0.05) is 42.7 Å². The topological polar surface area (TPSA) is 135 Å². The van der Waals surface area contributed by atoms with Crippen LogP contribution in [0.2, 0.25) is 5.02 Å². The fourth-order valence-corrected chi connectivity index (χ4v) is 4.67. The number of amides is 1. The van der Waals surface area contributed by atoms with Crippen LogP contribution in [0.5, 0.6) is 5.75 Å². The maximum atomic E-state index is 13.7. The molecule has 0 spiro atoms. The summed E-state index contributed by atoms with van der Waals surface area (Å²) >= 11 is 5.95. The first-order valence-corrected chi connectivity index (χ1v) is 14.6. The van der Waals surface area contributed by atoms with Gasteiger partial charge in [-0.25, -0.2) is 14.4 Å². The molecule has 0 aliphatic carbocycles. The quantitative estimate of drug-likeness (QED) is 0.188. The number of ether oxygens (including phenoxy) is 3. The van der Waals surface area contributed by atoms with Gasteiger partial charge in [0.15, 0.2) is 0 Å². The van der Waals surface area contributed by atoms with Crippen molar-refractivity contribution >= 4 is 51.6 Å². The number of rotatable bonds is 12. The Morgan fingerprint density at radius 1 is 1.27 bits per heavy atom. The lowest BCUT2D eigenvalue weighted by Crippen LogP contribution is -2.38. The molecule has 2 atom stereocenters. The Balaban J connectivity index is 1.55. The van der Waals surface area contributed by atoms with Gasteiger partial charge in [-0.15, -0.1) is 0 Å². The van der Waals surface area contributed by atoms with Gasteiger partial charge >= 0.3 is 5.97 Å². The smallest absolute Gasteiger partial charge is 0.320 e. The third-order valence-electron chi connectivity index (χ3n) is 6.29. The SMILES string of the molecule is C[C@@H](O)CN(C/C=C/C(=O)Nc1cc2c(Nc3ccc(F)c(Cl)c3)ncnc2cc1O[C@H]1CCOC1)CC(=O)OC(C)(C)C. The van der Waals surface area contributed by atoms with Crippen LogP contribution < -0.4 is 15.4 Å². The Morgan fingerprint density at radius 2 is 2.07 bits per heavy atom. The van der Waals surface area contributed by atoms with E-state index in [0.717, 1.165) is 0 Å². The highest BCUT2D eigenvalue weighted by Crippen LogP contribution is 2.35. The Morgan fingerprint density at radius 3 is 2.75 bits per heavy atom. The number of fused-ring (bicyclic) bond motifs is 1. The molecule has 0 radical (unpaired) electrons. The number of hydrogen-bond acceptors (Lipinski definition) is 10. The molecule has 1 aliphatic heterocycles. The maximum absolute atomic E-state index is 13.7. The van der Waals surface area contributed by atoms with E-state index < -0.39 is 29.4 Å². The van der Waals surface area contributed by atoms with Crippen molar-refractivity contribution in [3.63, 3.8) is 0 Å². The summed E-state index contributed by atoms with van der Waals surface area (Å²) < 4.78 is 30.7. The summed E-state index contributed by atoms with van der Waals surface area (Å²) in [5.41, 5.74) is 0.805. The molecule has 0 unspecified atom stereocenters. The summed E-state index contributed by atoms with van der Waals surface area (Å²) in [5.74, 6) is -0.596. The van der Waals surface area contributed by atoms with Gasteiger partial charge in [0.05, 0.1) is 42.1 Å². The van der Waals surface area contributed by atoms with Crippen LogP contribution in [0.15, 0.2) is 48.8 Å². The van der Waals surface area contributed by atoms with Crippen molar-refractivity contribution in [2.75, 3.05) is 43.5 Å². The number of halogens is 2. The zero-order chi connectivity index (χ0) is 31.9. The van der Waals surface area contributed by atoms with Crippen molar-refractivity contribution in [3.8, 4) is 5.75 Å². The molecule has 1 aliphatic rings. The monoisotopic (exact) mass is 629 g/mol. The molecule has 4 rings (SSSR count). The van der Waals surface area contributed by atoms with Crippen LogP contribution in [-0.4, -0.2) is 82.5 Å². The number of aromatic nitrogens is 2. The van der Waals surface area contributed by atoms with Crippen LogP contribution in [-0.2, 0) is 19.1 Å². The average molecular weight is 630 g/mol. The fourth-order valence-electron chi connectivity index (χ4n) is 4.49. The van der Waals surface area contributed by atoms with Crippen LogP contribution in [0.1, 0.15) is 34.1 Å². The van der Waals surface area contributed by atoms with Gasteiger partial charge < -0.3 is 30.0 Å². The van der Waals surface area contributed by atoms with Gasteiger partial charge in [-0.1, -0.05) is 17.7 Å². The number of aliphatic hydroxyl groups excluding tert-OH is 1. The van der Waals surface area contributed by atoms with Crippen molar-refractivity contribution in [1.29, 1.82) is 0 Å². The van der Waals surface area contributed by atoms with Crippen LogP contribution in [0.4, 0.5) is 21.6 Å². The summed E-state index contributed by atoms with van der Waals surface area (Å²) in [6, 6.07) is 7.63. The molecule has 1 aromatic heterocycles. The lowest BCUT2D eigenvalue weighted by atomic mass is 10.1. The van der Waals surface area contributed by atoms with E-state index in [1.165, 1.54) is 30.6 Å². The minimum atomic E-state index is -0.688. The molecule has 11 nitrogen and oxygen atoms in total. The van der Waals surface area contributed by atoms with E-state index in [2.05, 4.69) is 20.6 Å². The molecule has 2 aromatic carbocycles. The predicted octanol–water partition coefficient (Wildman–Crippen LogP) is 4.85. The summed E-state index contributed by atoms with van der Waals surface area (Å²) in [6.07, 6.45) is 4.15. The summed E-state index contributed by atoms with van der Waals surface area (Å²) in [7, 11) is 0. The van der Waals surface area contributed by atoms with Gasteiger partial charge in [-0.3, -0.25) is 14.5 Å². The van der Waals surface area contributed by atoms with E-state index in [-0.39, 0.29) is 30.8 Å². The Labute approximate surface area is 260 Å². The van der Waals surface area contributed by atoms with E-state index >= 15 is 0 Å². The van der Waals surface area contributed by atoms with Crippen LogP contribution in [0, 0.1) is 5.82 Å². The van der Waals surface area contributed by atoms with E-state index in [1.807, 2.05) is 0 Å². The van der Waals surface area contributed by atoms with E-state index in [4.69, 9.17) is 25.8 Å². The number of nitrogens with zero attached hydrogens (tertiary/aromatic N) is 3. The number of benzene rings is 2. The molecule has 0 bridgehead atoms. The number of nitrogens with one attached hydrogen (secondary N) is 2. The number of hydrogen-bond donors (Lipinski definition) is 3. The fraction of sp³-hybridized carbons (Fsp3) is 0.419. The maximum Gasteiger partial charge on any atom is 0.320 e. The zero-order valence-electron chi connectivity index (χ0n) is 25.1. The van der Waals surface area contributed by atoms with Gasteiger partial charge in [0.1, 0.15) is 35.4 Å². The van der Waals surface area contributed by atoms with Crippen molar-refractivity contribution in [2.24, 2.45) is 0 Å². The molecule has 236 valence electrons. The Hall–Kier alpha value is -3.84. The third-order valence-corrected chi connectivity index (χ3v) is 6.58. The summed E-state index contributed by atoms with van der Waals surface area (Å²) in [6.45, 7) is 8.34. The normalized spacial score (nSPS) is 16.0. The van der Waals surface area contributed by atoms with Crippen LogP contribution in [0.25, 0.3) is 10.9 Å². The molecule has 44 heavy (non-hydrogen) atoms. The predicted molar refractivity (Wildman–Crippen MR) is 166 cm³/mol. The highest BCUT2D eigenvalue weighted by molar-refractivity contribution is 6.31. The zero-order valence-corrected chi connectivity index (χ0v) is 25.9. The molecular formula is C31H37ClFN5O6. The van der Waals surface area contributed by atoms with Crippen molar-refractivity contribution in [3.05, 3.63) is 59.7 Å². The van der Waals surface area contributed by atoms with Crippen LogP contribution in [0.3, 0.4) is 0 Å². The number of carbonyl (C=O) groups excluding carboxylic acids is 2. The Kier molecular flexibility index (Phi) is 11.1. The lowest BCUT2D eigenvalue weighted by Gasteiger charge is -2.25. The third kappa shape index (κ3) is 9.84. The molecule has 1 fully saturated rings. The van der Waals surface area contributed by atoms with E-state index in [1.54, 1.807) is 50.8 Å². The second-order valence-corrected chi connectivity index (χ2v) is 11.9. The van der Waals surface area contributed by atoms with Crippen molar-refractivity contribution in [1.82, 2.24) is 14.9 Å². The Bertz CT molecular complexity index is 1510. The van der Waals surface area contributed by atoms with Gasteiger partial charge in [0.2, 0.25) is 5.91 Å². The second-order valence-electron chi connectivity index (χ2n) is 11.5.